The first-order chi connectivity index (χ1) is 9.57. The Balaban J connectivity index is 1.99. The van der Waals surface area contributed by atoms with E-state index in [2.05, 4.69) is 5.32 Å². The molecule has 2 fully saturated rings. The SMILES string of the molecule is CCCN(CC1CC1)C(=O)NC1(C(=O)O)CCOCC1. The predicted octanol–water partition coefficient (Wildman–Crippen LogP) is 1.45. The second-order valence-corrected chi connectivity index (χ2v) is 5.82. The largest absolute Gasteiger partial charge is 0.480 e. The number of ether oxygens (including phenoxy) is 1. The van der Waals surface area contributed by atoms with E-state index in [0.29, 0.717) is 38.5 Å². The number of hydrogen-bond acceptors (Lipinski definition) is 3. The van der Waals surface area contributed by atoms with Crippen LogP contribution in [0, 0.1) is 5.92 Å². The molecule has 1 saturated carbocycles. The molecule has 1 heterocycles. The number of carboxylic acids is 1. The third-order valence-corrected chi connectivity index (χ3v) is 4.06. The van der Waals surface area contributed by atoms with Gasteiger partial charge in [0.25, 0.3) is 0 Å². The van der Waals surface area contributed by atoms with Crippen molar-refractivity contribution < 1.29 is 19.4 Å². The molecular formula is C14H24N2O4. The van der Waals surface area contributed by atoms with Crippen LogP contribution >= 0.6 is 0 Å². The number of hydrogen-bond donors (Lipinski definition) is 2. The van der Waals surface area contributed by atoms with Crippen LogP contribution in [0.2, 0.25) is 0 Å². The molecule has 1 aliphatic heterocycles. The summed E-state index contributed by atoms with van der Waals surface area (Å²) in [6.07, 6.45) is 3.88. The fraction of sp³-hybridized carbons (Fsp3) is 0.857. The van der Waals surface area contributed by atoms with E-state index < -0.39 is 11.5 Å². The van der Waals surface area contributed by atoms with Crippen LogP contribution in [0.3, 0.4) is 0 Å². The third kappa shape index (κ3) is 3.62. The Hall–Kier alpha value is -1.30. The number of rotatable bonds is 6. The van der Waals surface area contributed by atoms with Gasteiger partial charge in [-0.1, -0.05) is 6.92 Å². The molecule has 2 N–H and O–H groups in total. The van der Waals surface area contributed by atoms with E-state index in [0.717, 1.165) is 13.0 Å². The van der Waals surface area contributed by atoms with E-state index in [1.165, 1.54) is 12.8 Å². The number of urea groups is 1. The summed E-state index contributed by atoms with van der Waals surface area (Å²) < 4.78 is 5.21. The summed E-state index contributed by atoms with van der Waals surface area (Å²) in [5.41, 5.74) is -1.16. The Bertz CT molecular complexity index is 362. The zero-order chi connectivity index (χ0) is 14.6. The van der Waals surface area contributed by atoms with Crippen LogP contribution in [0.15, 0.2) is 0 Å². The third-order valence-electron chi connectivity index (χ3n) is 4.06. The van der Waals surface area contributed by atoms with E-state index in [1.54, 1.807) is 4.90 Å². The van der Waals surface area contributed by atoms with Crippen molar-refractivity contribution in [1.29, 1.82) is 0 Å². The Morgan fingerprint density at radius 2 is 2.00 bits per heavy atom. The van der Waals surface area contributed by atoms with E-state index in [4.69, 9.17) is 4.74 Å². The maximum atomic E-state index is 12.4. The van der Waals surface area contributed by atoms with Gasteiger partial charge in [0.05, 0.1) is 0 Å². The molecule has 2 aliphatic rings. The molecule has 20 heavy (non-hydrogen) atoms. The molecular weight excluding hydrogens is 260 g/mol. The molecule has 0 spiro atoms. The number of nitrogens with one attached hydrogen (secondary N) is 1. The van der Waals surface area contributed by atoms with E-state index in [-0.39, 0.29) is 6.03 Å². The van der Waals surface area contributed by atoms with Crippen molar-refractivity contribution in [3.63, 3.8) is 0 Å². The first kappa shape index (κ1) is 15.1. The van der Waals surface area contributed by atoms with Crippen molar-refractivity contribution in [2.45, 2.75) is 44.6 Å². The van der Waals surface area contributed by atoms with Crippen LogP contribution in [0.5, 0.6) is 0 Å². The van der Waals surface area contributed by atoms with Gasteiger partial charge in [-0.05, 0) is 25.2 Å². The number of nitrogens with zero attached hydrogens (tertiary/aromatic N) is 1. The van der Waals surface area contributed by atoms with Crippen molar-refractivity contribution in [3.8, 4) is 0 Å². The normalized spacial score (nSPS) is 21.2. The topological polar surface area (TPSA) is 78.9 Å². The number of carbonyl (C=O) groups excluding carboxylic acids is 1. The molecule has 0 aromatic carbocycles. The van der Waals surface area contributed by atoms with E-state index in [1.807, 2.05) is 6.92 Å². The highest BCUT2D eigenvalue weighted by atomic mass is 16.5. The average Bonchev–Trinajstić information content (AvgIpc) is 3.23. The molecule has 1 saturated heterocycles. The summed E-state index contributed by atoms with van der Waals surface area (Å²) >= 11 is 0. The van der Waals surface area contributed by atoms with Crippen molar-refractivity contribution in [2.24, 2.45) is 5.92 Å². The van der Waals surface area contributed by atoms with Gasteiger partial charge in [0, 0.05) is 39.1 Å². The number of carboxylic acid groups (broad SMARTS) is 1. The Morgan fingerprint density at radius 1 is 1.35 bits per heavy atom. The lowest BCUT2D eigenvalue weighted by Gasteiger charge is -2.36. The Kier molecular flexibility index (Phi) is 4.86. The highest BCUT2D eigenvalue weighted by Gasteiger charge is 2.42. The van der Waals surface area contributed by atoms with Gasteiger partial charge in [-0.3, -0.25) is 0 Å². The minimum Gasteiger partial charge on any atom is -0.480 e. The zero-order valence-corrected chi connectivity index (χ0v) is 12.1. The van der Waals surface area contributed by atoms with Crippen molar-refractivity contribution in [2.75, 3.05) is 26.3 Å². The molecule has 2 amide bonds. The van der Waals surface area contributed by atoms with Gasteiger partial charge in [0.15, 0.2) is 0 Å². The van der Waals surface area contributed by atoms with Crippen LogP contribution in [0.1, 0.15) is 39.0 Å². The molecule has 0 aromatic heterocycles. The second-order valence-electron chi connectivity index (χ2n) is 5.82. The van der Waals surface area contributed by atoms with Crippen LogP contribution in [0.4, 0.5) is 4.79 Å². The number of aliphatic carboxylic acids is 1. The maximum absolute atomic E-state index is 12.4. The summed E-state index contributed by atoms with van der Waals surface area (Å²) in [4.78, 5) is 25.7. The van der Waals surface area contributed by atoms with Crippen LogP contribution in [0.25, 0.3) is 0 Å². The van der Waals surface area contributed by atoms with Gasteiger partial charge in [0.1, 0.15) is 5.54 Å². The van der Waals surface area contributed by atoms with Gasteiger partial charge in [-0.25, -0.2) is 9.59 Å². The molecule has 6 nitrogen and oxygen atoms in total. The standard InChI is InChI=1S/C14H24N2O4/c1-2-7-16(10-11-3-4-11)13(19)15-14(12(17)18)5-8-20-9-6-14/h11H,2-10H2,1H3,(H,15,19)(H,17,18). The molecule has 0 aromatic rings. The maximum Gasteiger partial charge on any atom is 0.329 e. The monoisotopic (exact) mass is 284 g/mol. The summed E-state index contributed by atoms with van der Waals surface area (Å²) in [5, 5.41) is 12.2. The number of carbonyl (C=O) groups is 2. The van der Waals surface area contributed by atoms with Gasteiger partial charge >= 0.3 is 12.0 Å². The van der Waals surface area contributed by atoms with Gasteiger partial charge in [-0.2, -0.15) is 0 Å². The molecule has 0 unspecified atom stereocenters. The van der Waals surface area contributed by atoms with Gasteiger partial charge in [0.2, 0.25) is 0 Å². The van der Waals surface area contributed by atoms with Crippen molar-refractivity contribution in [3.05, 3.63) is 0 Å². The van der Waals surface area contributed by atoms with E-state index >= 15 is 0 Å². The fourth-order valence-electron chi connectivity index (χ4n) is 2.55. The van der Waals surface area contributed by atoms with Gasteiger partial charge in [-0.15, -0.1) is 0 Å². The lowest BCUT2D eigenvalue weighted by Crippen LogP contribution is -2.60. The van der Waals surface area contributed by atoms with Crippen LogP contribution < -0.4 is 5.32 Å². The first-order valence-corrected chi connectivity index (χ1v) is 7.45. The van der Waals surface area contributed by atoms with Crippen molar-refractivity contribution >= 4 is 12.0 Å². The first-order valence-electron chi connectivity index (χ1n) is 7.45. The zero-order valence-electron chi connectivity index (χ0n) is 12.1. The van der Waals surface area contributed by atoms with Crippen molar-refractivity contribution in [1.82, 2.24) is 10.2 Å². The fourth-order valence-corrected chi connectivity index (χ4v) is 2.55. The molecule has 6 heteroatoms. The number of amides is 2. The van der Waals surface area contributed by atoms with Gasteiger partial charge < -0.3 is 20.1 Å². The average molecular weight is 284 g/mol. The lowest BCUT2D eigenvalue weighted by molar-refractivity contribution is -0.148. The summed E-state index contributed by atoms with van der Waals surface area (Å²) in [6, 6.07) is -0.247. The second kappa shape index (κ2) is 6.43. The molecule has 1 aliphatic carbocycles. The highest BCUT2D eigenvalue weighted by Crippen LogP contribution is 2.30. The summed E-state index contributed by atoms with van der Waals surface area (Å²) in [6.45, 7) is 4.20. The Morgan fingerprint density at radius 3 is 2.50 bits per heavy atom. The molecule has 0 bridgehead atoms. The minimum absolute atomic E-state index is 0.247. The molecule has 114 valence electrons. The van der Waals surface area contributed by atoms with E-state index in [9.17, 15) is 14.7 Å². The van der Waals surface area contributed by atoms with Crippen LogP contribution in [-0.4, -0.2) is 53.8 Å². The smallest absolute Gasteiger partial charge is 0.329 e. The highest BCUT2D eigenvalue weighted by molar-refractivity contribution is 5.86. The lowest BCUT2D eigenvalue weighted by atomic mass is 9.90. The molecule has 0 radical (unpaired) electrons. The summed E-state index contributed by atoms with van der Waals surface area (Å²) in [5.74, 6) is -0.361. The molecule has 2 rings (SSSR count). The summed E-state index contributed by atoms with van der Waals surface area (Å²) in [7, 11) is 0. The van der Waals surface area contributed by atoms with Crippen LogP contribution in [-0.2, 0) is 9.53 Å². The quantitative estimate of drug-likeness (QED) is 0.774. The minimum atomic E-state index is -1.16. The Labute approximate surface area is 119 Å². The predicted molar refractivity (Wildman–Crippen MR) is 73.5 cm³/mol. The molecule has 0 atom stereocenters.